The van der Waals surface area contributed by atoms with Crippen LogP contribution in [0.3, 0.4) is 0 Å². The molecule has 0 spiro atoms. The van der Waals surface area contributed by atoms with Crippen LogP contribution in [0.15, 0.2) is 66.3 Å². The number of alkyl halides is 3. The van der Waals surface area contributed by atoms with E-state index in [4.69, 9.17) is 4.74 Å². The van der Waals surface area contributed by atoms with Crippen LogP contribution in [0.1, 0.15) is 31.9 Å². The molecule has 210 valence electrons. The van der Waals surface area contributed by atoms with Crippen LogP contribution in [0.2, 0.25) is 0 Å². The van der Waals surface area contributed by atoms with Crippen molar-refractivity contribution in [2.75, 3.05) is 6.54 Å². The first-order valence-electron chi connectivity index (χ1n) is 12.1. The second-order valence-electron chi connectivity index (χ2n) is 9.89. The number of nitrogens with one attached hydrogen (secondary N) is 2. The minimum absolute atomic E-state index is 0.0619. The molecular weight excluding hydrogens is 533 g/mol. The predicted molar refractivity (Wildman–Crippen MR) is 141 cm³/mol. The normalized spacial score (nSPS) is 13.5. The van der Waals surface area contributed by atoms with Crippen LogP contribution in [-0.4, -0.2) is 57.6 Å². The maximum Gasteiger partial charge on any atom is 0.471 e. The van der Waals surface area contributed by atoms with Gasteiger partial charge in [0.2, 0.25) is 0 Å². The highest BCUT2D eigenvalue weighted by atomic mass is 32.1. The molecule has 0 saturated heterocycles. The average Bonchev–Trinajstić information content (AvgIpc) is 3.38. The molecule has 0 saturated carbocycles. The fourth-order valence-electron chi connectivity index (χ4n) is 3.69. The van der Waals surface area contributed by atoms with E-state index < -0.39 is 35.9 Å². The lowest BCUT2D eigenvalue weighted by molar-refractivity contribution is -0.175. The van der Waals surface area contributed by atoms with E-state index in [1.165, 1.54) is 16.3 Å². The van der Waals surface area contributed by atoms with Crippen LogP contribution in [0, 0.1) is 0 Å². The first kappa shape index (κ1) is 30.1. The Balaban J connectivity index is 1.80. The van der Waals surface area contributed by atoms with Gasteiger partial charge < -0.3 is 15.2 Å². The fourth-order valence-corrected chi connectivity index (χ4v) is 4.32. The molecule has 2 amide bonds. The van der Waals surface area contributed by atoms with Crippen molar-refractivity contribution in [2.24, 2.45) is 0 Å². The number of carbonyl (C=O) groups is 2. The molecule has 3 rings (SSSR count). The van der Waals surface area contributed by atoms with E-state index >= 15 is 0 Å². The van der Waals surface area contributed by atoms with Gasteiger partial charge >= 0.3 is 18.2 Å². The predicted octanol–water partition coefficient (Wildman–Crippen LogP) is 4.70. The molecular formula is C27H31F3N4O4S. The van der Waals surface area contributed by atoms with E-state index in [1.807, 2.05) is 29.6 Å². The van der Waals surface area contributed by atoms with E-state index in [0.29, 0.717) is 5.56 Å². The molecule has 0 fully saturated rings. The Morgan fingerprint density at radius 3 is 2.28 bits per heavy atom. The number of hydrazine groups is 1. The lowest BCUT2D eigenvalue weighted by atomic mass is 10.0. The number of carbonyl (C=O) groups excluding carboxylic acids is 2. The maximum atomic E-state index is 13.0. The lowest BCUT2D eigenvalue weighted by Crippen LogP contribution is -2.55. The standard InChI is InChI=1S/C27H31F3N4O4S/c1-26(2,3)38-25(37)33-34(15-19-9-11-20(12-10-19)23-14-31-17-39-23)16-22(35)21(32-24(36)27(28,29)30)13-18-7-5-4-6-8-18/h4-12,14,17,21-22,35H,13,15-16H2,1-3H3,(H,32,36)(H,33,37). The monoisotopic (exact) mass is 564 g/mol. The van der Waals surface area contributed by atoms with Gasteiger partial charge in [-0.1, -0.05) is 54.6 Å². The Kier molecular flexibility index (Phi) is 10.1. The van der Waals surface area contributed by atoms with Crippen molar-refractivity contribution < 1.29 is 32.6 Å². The third-order valence-corrected chi connectivity index (χ3v) is 6.26. The number of hydrogen-bond acceptors (Lipinski definition) is 7. The number of aliphatic hydroxyl groups is 1. The molecule has 2 aromatic carbocycles. The van der Waals surface area contributed by atoms with Crippen molar-refractivity contribution in [3.63, 3.8) is 0 Å². The van der Waals surface area contributed by atoms with Crippen LogP contribution in [0.25, 0.3) is 10.4 Å². The van der Waals surface area contributed by atoms with Crippen LogP contribution < -0.4 is 10.7 Å². The second-order valence-corrected chi connectivity index (χ2v) is 10.8. The minimum Gasteiger partial charge on any atom is -0.443 e. The molecule has 8 nitrogen and oxygen atoms in total. The summed E-state index contributed by atoms with van der Waals surface area (Å²) in [6.07, 6.45) is -5.72. The number of halogens is 3. The number of aromatic nitrogens is 1. The van der Waals surface area contributed by atoms with Gasteiger partial charge in [-0.15, -0.1) is 11.3 Å². The zero-order valence-electron chi connectivity index (χ0n) is 21.7. The third-order valence-electron chi connectivity index (χ3n) is 5.44. The summed E-state index contributed by atoms with van der Waals surface area (Å²) in [6.45, 7) is 4.86. The van der Waals surface area contributed by atoms with Gasteiger partial charge in [0, 0.05) is 19.3 Å². The van der Waals surface area contributed by atoms with Crippen LogP contribution in [-0.2, 0) is 22.5 Å². The van der Waals surface area contributed by atoms with Crippen molar-refractivity contribution in [3.05, 3.63) is 77.4 Å². The topological polar surface area (TPSA) is 104 Å². The average molecular weight is 565 g/mol. The highest BCUT2D eigenvalue weighted by Gasteiger charge is 2.41. The van der Waals surface area contributed by atoms with E-state index in [-0.39, 0.29) is 19.5 Å². The molecule has 2 unspecified atom stereocenters. The van der Waals surface area contributed by atoms with Crippen molar-refractivity contribution in [2.45, 2.75) is 57.7 Å². The lowest BCUT2D eigenvalue weighted by Gasteiger charge is -2.31. The van der Waals surface area contributed by atoms with Gasteiger partial charge in [0.15, 0.2) is 0 Å². The van der Waals surface area contributed by atoms with Crippen molar-refractivity contribution in [1.29, 1.82) is 0 Å². The van der Waals surface area contributed by atoms with Crippen molar-refractivity contribution in [1.82, 2.24) is 20.7 Å². The SMILES string of the molecule is CC(C)(C)OC(=O)NN(Cc1ccc(-c2cncs2)cc1)CC(O)C(Cc1ccccc1)NC(=O)C(F)(F)F. The Morgan fingerprint density at radius 2 is 1.72 bits per heavy atom. The summed E-state index contributed by atoms with van der Waals surface area (Å²) in [5.41, 5.74) is 5.81. The highest BCUT2D eigenvalue weighted by molar-refractivity contribution is 7.13. The first-order valence-corrected chi connectivity index (χ1v) is 13.0. The summed E-state index contributed by atoms with van der Waals surface area (Å²) in [4.78, 5) is 29.3. The van der Waals surface area contributed by atoms with Crippen LogP contribution in [0.5, 0.6) is 0 Å². The molecule has 0 aliphatic heterocycles. The summed E-state index contributed by atoms with van der Waals surface area (Å²) >= 11 is 1.49. The van der Waals surface area contributed by atoms with Crippen LogP contribution >= 0.6 is 11.3 Å². The molecule has 0 bridgehead atoms. The van der Waals surface area contributed by atoms with E-state index in [9.17, 15) is 27.9 Å². The van der Waals surface area contributed by atoms with Gasteiger partial charge in [-0.25, -0.2) is 9.80 Å². The molecule has 0 radical (unpaired) electrons. The number of ether oxygens (including phenoxy) is 1. The number of benzene rings is 2. The first-order chi connectivity index (χ1) is 18.3. The van der Waals surface area contributed by atoms with Gasteiger partial charge in [-0.2, -0.15) is 13.2 Å². The number of aliphatic hydroxyl groups excluding tert-OH is 1. The molecule has 3 N–H and O–H groups in total. The fraction of sp³-hybridized carbons (Fsp3) is 0.370. The molecule has 0 aliphatic carbocycles. The molecule has 2 atom stereocenters. The van der Waals surface area contributed by atoms with Gasteiger partial charge in [0.25, 0.3) is 0 Å². The van der Waals surface area contributed by atoms with E-state index in [0.717, 1.165) is 16.0 Å². The quantitative estimate of drug-likeness (QED) is 0.309. The number of hydrogen-bond donors (Lipinski definition) is 3. The molecule has 39 heavy (non-hydrogen) atoms. The second kappa shape index (κ2) is 13.0. The number of rotatable bonds is 10. The zero-order valence-corrected chi connectivity index (χ0v) is 22.6. The summed E-state index contributed by atoms with van der Waals surface area (Å²) in [5, 5.41) is 14.3. The Labute approximate surface area is 228 Å². The molecule has 1 heterocycles. The number of nitrogens with zero attached hydrogens (tertiary/aromatic N) is 2. The van der Waals surface area contributed by atoms with Gasteiger partial charge in [0.1, 0.15) is 5.60 Å². The smallest absolute Gasteiger partial charge is 0.443 e. The zero-order chi connectivity index (χ0) is 28.6. The summed E-state index contributed by atoms with van der Waals surface area (Å²) < 4.78 is 44.5. The Hall–Kier alpha value is -3.48. The summed E-state index contributed by atoms with van der Waals surface area (Å²) in [6, 6.07) is 14.7. The van der Waals surface area contributed by atoms with Gasteiger partial charge in [0.05, 0.1) is 22.5 Å². The largest absolute Gasteiger partial charge is 0.471 e. The number of amides is 2. The molecule has 1 aromatic heterocycles. The van der Waals surface area contributed by atoms with Gasteiger partial charge in [-0.3, -0.25) is 15.2 Å². The summed E-state index contributed by atoms with van der Waals surface area (Å²) in [7, 11) is 0. The van der Waals surface area contributed by atoms with Gasteiger partial charge in [-0.05, 0) is 43.9 Å². The molecule has 0 aliphatic rings. The van der Waals surface area contributed by atoms with Crippen LogP contribution in [0.4, 0.5) is 18.0 Å². The highest BCUT2D eigenvalue weighted by Crippen LogP contribution is 2.24. The van der Waals surface area contributed by atoms with Crippen molar-refractivity contribution >= 4 is 23.3 Å². The number of thiazole rings is 1. The Bertz CT molecular complexity index is 1200. The molecule has 12 heteroatoms. The maximum absolute atomic E-state index is 13.0. The van der Waals surface area contributed by atoms with E-state index in [2.05, 4.69) is 10.4 Å². The summed E-state index contributed by atoms with van der Waals surface area (Å²) in [5.74, 6) is -2.16. The third kappa shape index (κ3) is 9.97. The van der Waals surface area contributed by atoms with Crippen molar-refractivity contribution in [3.8, 4) is 10.4 Å². The molecule has 3 aromatic rings. The Morgan fingerprint density at radius 1 is 1.05 bits per heavy atom. The minimum atomic E-state index is -5.12. The van der Waals surface area contributed by atoms with E-state index in [1.54, 1.807) is 62.8 Å².